The summed E-state index contributed by atoms with van der Waals surface area (Å²) < 4.78 is 15.8. The second-order valence-electron chi connectivity index (χ2n) is 6.07. The van der Waals surface area contributed by atoms with Gasteiger partial charge in [-0.2, -0.15) is 0 Å². The number of carboxylic acids is 1. The van der Waals surface area contributed by atoms with E-state index in [1.807, 2.05) is 0 Å². The molecule has 8 nitrogen and oxygen atoms in total. The number of aliphatic carboxylic acids is 1. The van der Waals surface area contributed by atoms with E-state index in [1.165, 1.54) is 20.6 Å². The maximum atomic E-state index is 12.7. The third-order valence-electron chi connectivity index (χ3n) is 4.26. The fourth-order valence-corrected chi connectivity index (χ4v) is 2.81. The van der Waals surface area contributed by atoms with Gasteiger partial charge in [0.15, 0.2) is 12.1 Å². The Morgan fingerprint density at radius 2 is 2.12 bits per heavy atom. The molecule has 3 rings (SSSR count). The summed E-state index contributed by atoms with van der Waals surface area (Å²) in [6.45, 7) is 0. The molecule has 1 fully saturated rings. The number of methoxy groups -OCH3 is 2. The third-order valence-corrected chi connectivity index (χ3v) is 4.26. The molecule has 1 heterocycles. The van der Waals surface area contributed by atoms with Crippen LogP contribution in [-0.2, 0) is 4.79 Å². The molecule has 138 valence electrons. The molecule has 1 aromatic carbocycles. The lowest BCUT2D eigenvalue weighted by Gasteiger charge is -2.20. The number of hydrogen-bond donors (Lipinski definition) is 2. The number of carboxylic acid groups (broad SMARTS) is 1. The van der Waals surface area contributed by atoms with Gasteiger partial charge in [0.25, 0.3) is 5.91 Å². The van der Waals surface area contributed by atoms with Crippen LogP contribution in [0.3, 0.4) is 0 Å². The first kappa shape index (κ1) is 17.8. The molecule has 1 saturated carbocycles. The minimum absolute atomic E-state index is 0.204. The van der Waals surface area contributed by atoms with Gasteiger partial charge < -0.3 is 24.3 Å². The maximum Gasteiger partial charge on any atom is 0.305 e. The van der Waals surface area contributed by atoms with Crippen molar-refractivity contribution in [3.05, 3.63) is 41.6 Å². The lowest BCUT2D eigenvalue weighted by Crippen LogP contribution is -2.31. The average Bonchev–Trinajstić information content (AvgIpc) is 3.36. The van der Waals surface area contributed by atoms with E-state index in [1.54, 1.807) is 18.2 Å². The van der Waals surface area contributed by atoms with E-state index in [-0.39, 0.29) is 18.0 Å². The van der Waals surface area contributed by atoms with Crippen LogP contribution in [0.5, 0.6) is 11.5 Å². The van der Waals surface area contributed by atoms with Gasteiger partial charge in [0, 0.05) is 17.5 Å². The highest BCUT2D eigenvalue weighted by Crippen LogP contribution is 2.41. The molecule has 1 unspecified atom stereocenters. The second-order valence-corrected chi connectivity index (χ2v) is 6.07. The Morgan fingerprint density at radius 3 is 2.73 bits per heavy atom. The summed E-state index contributed by atoms with van der Waals surface area (Å²) in [5.74, 6) is 0.252. The van der Waals surface area contributed by atoms with Crippen LogP contribution in [0.1, 0.15) is 53.0 Å². The number of amides is 1. The van der Waals surface area contributed by atoms with Crippen LogP contribution in [0.4, 0.5) is 0 Å². The summed E-state index contributed by atoms with van der Waals surface area (Å²) in [6, 6.07) is 4.22. The quantitative estimate of drug-likeness (QED) is 0.744. The monoisotopic (exact) mass is 360 g/mol. The van der Waals surface area contributed by atoms with E-state index in [9.17, 15) is 14.7 Å². The lowest BCUT2D eigenvalue weighted by molar-refractivity contribution is -0.137. The van der Waals surface area contributed by atoms with Gasteiger partial charge in [0.1, 0.15) is 17.3 Å². The Morgan fingerprint density at radius 1 is 1.35 bits per heavy atom. The highest BCUT2D eigenvalue weighted by atomic mass is 16.5. The molecule has 2 N–H and O–H groups in total. The van der Waals surface area contributed by atoms with Crippen molar-refractivity contribution in [3.8, 4) is 11.5 Å². The van der Waals surface area contributed by atoms with Gasteiger partial charge in [-0.15, -0.1) is 0 Å². The minimum Gasteiger partial charge on any atom is -0.497 e. The smallest absolute Gasteiger partial charge is 0.305 e. The molecular formula is C18H20N2O6. The molecule has 1 amide bonds. The van der Waals surface area contributed by atoms with Crippen molar-refractivity contribution in [2.45, 2.75) is 31.2 Å². The molecule has 0 spiro atoms. The Labute approximate surface area is 150 Å². The summed E-state index contributed by atoms with van der Waals surface area (Å²) >= 11 is 0. The van der Waals surface area contributed by atoms with Crippen LogP contribution in [-0.4, -0.2) is 36.2 Å². The summed E-state index contributed by atoms with van der Waals surface area (Å²) in [5, 5.41) is 12.0. The molecule has 0 saturated heterocycles. The van der Waals surface area contributed by atoms with E-state index < -0.39 is 17.9 Å². The van der Waals surface area contributed by atoms with Gasteiger partial charge in [0.2, 0.25) is 0 Å². The summed E-state index contributed by atoms with van der Waals surface area (Å²) in [7, 11) is 3.00. The molecule has 8 heteroatoms. The highest BCUT2D eigenvalue weighted by Gasteiger charge is 2.33. The van der Waals surface area contributed by atoms with Gasteiger partial charge in [-0.05, 0) is 25.0 Å². The SMILES string of the molecule is COc1ccc(C(CC(=O)O)NC(=O)c2ncoc2C2CC2)c(OC)c1. The van der Waals surface area contributed by atoms with Crippen molar-refractivity contribution in [2.75, 3.05) is 14.2 Å². The van der Waals surface area contributed by atoms with Crippen molar-refractivity contribution in [3.63, 3.8) is 0 Å². The van der Waals surface area contributed by atoms with Crippen LogP contribution < -0.4 is 14.8 Å². The summed E-state index contributed by atoms with van der Waals surface area (Å²) in [4.78, 5) is 28.0. The number of aromatic nitrogens is 1. The number of rotatable bonds is 8. The van der Waals surface area contributed by atoms with Crippen molar-refractivity contribution < 1.29 is 28.6 Å². The number of carbonyl (C=O) groups excluding carboxylic acids is 1. The fraction of sp³-hybridized carbons (Fsp3) is 0.389. The Hall–Kier alpha value is -3.03. The zero-order valence-corrected chi connectivity index (χ0v) is 14.5. The van der Waals surface area contributed by atoms with Crippen molar-refractivity contribution >= 4 is 11.9 Å². The molecule has 1 atom stereocenters. The first-order valence-electron chi connectivity index (χ1n) is 8.21. The average molecular weight is 360 g/mol. The van der Waals surface area contributed by atoms with Gasteiger partial charge in [-0.25, -0.2) is 4.98 Å². The predicted molar refractivity (Wildman–Crippen MR) is 90.5 cm³/mol. The van der Waals surface area contributed by atoms with Crippen molar-refractivity contribution in [1.82, 2.24) is 10.3 Å². The van der Waals surface area contributed by atoms with Crippen molar-refractivity contribution in [1.29, 1.82) is 0 Å². The first-order valence-corrected chi connectivity index (χ1v) is 8.21. The van der Waals surface area contributed by atoms with E-state index in [4.69, 9.17) is 13.9 Å². The number of hydrogen-bond acceptors (Lipinski definition) is 6. The first-order chi connectivity index (χ1) is 12.5. The Balaban J connectivity index is 1.87. The zero-order valence-electron chi connectivity index (χ0n) is 14.5. The third kappa shape index (κ3) is 3.79. The van der Waals surface area contributed by atoms with Crippen LogP contribution in [0, 0.1) is 0 Å². The number of benzene rings is 1. The number of nitrogens with one attached hydrogen (secondary N) is 1. The normalized spacial score (nSPS) is 14.5. The number of oxazole rings is 1. The summed E-state index contributed by atoms with van der Waals surface area (Å²) in [6.07, 6.45) is 2.86. The zero-order chi connectivity index (χ0) is 18.7. The lowest BCUT2D eigenvalue weighted by atomic mass is 10.0. The minimum atomic E-state index is -1.05. The van der Waals surface area contributed by atoms with Crippen LogP contribution in [0.25, 0.3) is 0 Å². The van der Waals surface area contributed by atoms with Crippen LogP contribution in [0.2, 0.25) is 0 Å². The summed E-state index contributed by atoms with van der Waals surface area (Å²) in [5.41, 5.74) is 0.746. The predicted octanol–water partition coefficient (Wildman–Crippen LogP) is 2.52. The van der Waals surface area contributed by atoms with Crippen LogP contribution >= 0.6 is 0 Å². The molecule has 26 heavy (non-hydrogen) atoms. The van der Waals surface area contributed by atoms with E-state index in [2.05, 4.69) is 10.3 Å². The van der Waals surface area contributed by atoms with Gasteiger partial charge in [0.05, 0.1) is 26.7 Å². The molecule has 0 radical (unpaired) electrons. The number of nitrogens with zero attached hydrogens (tertiary/aromatic N) is 1. The topological polar surface area (TPSA) is 111 Å². The largest absolute Gasteiger partial charge is 0.497 e. The van der Waals surface area contributed by atoms with Gasteiger partial charge in [-0.3, -0.25) is 9.59 Å². The maximum absolute atomic E-state index is 12.7. The molecule has 1 aliphatic carbocycles. The van der Waals surface area contributed by atoms with E-state index in [0.29, 0.717) is 22.8 Å². The molecular weight excluding hydrogens is 340 g/mol. The van der Waals surface area contributed by atoms with E-state index >= 15 is 0 Å². The Kier molecular flexibility index (Phi) is 5.11. The molecule has 0 aliphatic heterocycles. The molecule has 2 aromatic rings. The van der Waals surface area contributed by atoms with Gasteiger partial charge >= 0.3 is 5.97 Å². The molecule has 1 aliphatic rings. The second kappa shape index (κ2) is 7.47. The van der Waals surface area contributed by atoms with Crippen molar-refractivity contribution in [2.24, 2.45) is 0 Å². The number of carbonyl (C=O) groups is 2. The fourth-order valence-electron chi connectivity index (χ4n) is 2.81. The standard InChI is InChI=1S/C18H20N2O6/c1-24-11-5-6-12(14(7-11)25-2)13(8-15(21)22)20-18(23)16-17(10-3-4-10)26-9-19-16/h5-7,9-10,13H,3-4,8H2,1-2H3,(H,20,23)(H,21,22). The number of ether oxygens (including phenoxy) is 2. The van der Waals surface area contributed by atoms with E-state index in [0.717, 1.165) is 12.8 Å². The van der Waals surface area contributed by atoms with Gasteiger partial charge in [-0.1, -0.05) is 0 Å². The molecule has 1 aromatic heterocycles. The molecule has 0 bridgehead atoms. The van der Waals surface area contributed by atoms with Crippen LogP contribution in [0.15, 0.2) is 29.0 Å². The Bertz CT molecular complexity index is 812. The highest BCUT2D eigenvalue weighted by molar-refractivity contribution is 5.94.